The molecule has 0 bridgehead atoms. The maximum absolute atomic E-state index is 12.6. The van der Waals surface area contributed by atoms with Crippen LogP contribution in [-0.2, 0) is 4.79 Å². The van der Waals surface area contributed by atoms with Gasteiger partial charge in [0.05, 0.1) is 19.1 Å². The number of halogens is 1. The second-order valence-corrected chi connectivity index (χ2v) is 4.18. The van der Waals surface area contributed by atoms with Gasteiger partial charge in [0, 0.05) is 0 Å². The summed E-state index contributed by atoms with van der Waals surface area (Å²) in [6, 6.07) is -0.121. The number of nitrogens with zero attached hydrogens (tertiary/aromatic N) is 1. The van der Waals surface area contributed by atoms with Gasteiger partial charge in [0.2, 0.25) is 5.91 Å². The fourth-order valence-electron chi connectivity index (χ4n) is 1.81. The van der Waals surface area contributed by atoms with Crippen LogP contribution in [0.4, 0.5) is 4.39 Å². The first-order chi connectivity index (χ1) is 7.19. The first-order valence-electron chi connectivity index (χ1n) is 5.79. The lowest BCUT2D eigenvalue weighted by Crippen LogP contribution is -2.56. The molecule has 1 aliphatic heterocycles. The number of nitrogens with one attached hydrogen (secondary N) is 1. The summed E-state index contributed by atoms with van der Waals surface area (Å²) in [7, 11) is 1.79. The van der Waals surface area contributed by atoms with Crippen molar-refractivity contribution < 1.29 is 9.18 Å². The van der Waals surface area contributed by atoms with Crippen LogP contribution in [0.3, 0.4) is 0 Å². The normalized spacial score (nSPS) is 18.7. The third-order valence-corrected chi connectivity index (χ3v) is 2.89. The smallest absolute Gasteiger partial charge is 0.239 e. The van der Waals surface area contributed by atoms with Crippen LogP contribution < -0.4 is 5.32 Å². The number of carbonyl (C=O) groups is 1. The molecule has 0 spiro atoms. The molecule has 88 valence electrons. The second-order valence-electron chi connectivity index (χ2n) is 4.18. The van der Waals surface area contributed by atoms with E-state index in [2.05, 4.69) is 12.2 Å². The molecule has 0 aromatic heterocycles. The highest BCUT2D eigenvalue weighted by Crippen LogP contribution is 2.14. The molecule has 0 radical (unpaired) electrons. The highest BCUT2D eigenvalue weighted by Gasteiger charge is 2.33. The van der Waals surface area contributed by atoms with Crippen LogP contribution in [0.2, 0.25) is 0 Å². The topological polar surface area (TPSA) is 32.3 Å². The summed E-state index contributed by atoms with van der Waals surface area (Å²) in [4.78, 5) is 13.4. The molecular formula is C11H21FN2O. The third kappa shape index (κ3) is 3.45. The number of carbonyl (C=O) groups excluding carboxylic acids is 1. The maximum atomic E-state index is 12.6. The van der Waals surface area contributed by atoms with E-state index in [0.29, 0.717) is 0 Å². The molecule has 1 rings (SSSR count). The molecule has 1 heterocycles. The first-order valence-corrected chi connectivity index (χ1v) is 5.79. The summed E-state index contributed by atoms with van der Waals surface area (Å²) >= 11 is 0. The van der Waals surface area contributed by atoms with E-state index in [9.17, 15) is 9.18 Å². The van der Waals surface area contributed by atoms with Gasteiger partial charge in [-0.2, -0.15) is 0 Å². The third-order valence-electron chi connectivity index (χ3n) is 2.89. The average molecular weight is 216 g/mol. The highest BCUT2D eigenvalue weighted by molar-refractivity contribution is 5.82. The van der Waals surface area contributed by atoms with Gasteiger partial charge in [0.15, 0.2) is 0 Å². The van der Waals surface area contributed by atoms with Gasteiger partial charge in [-0.1, -0.05) is 26.2 Å². The Hall–Kier alpha value is -0.640. The fourth-order valence-corrected chi connectivity index (χ4v) is 1.81. The molecule has 15 heavy (non-hydrogen) atoms. The van der Waals surface area contributed by atoms with Gasteiger partial charge in [-0.05, 0) is 13.5 Å². The lowest BCUT2D eigenvalue weighted by atomic mass is 10.0. The van der Waals surface area contributed by atoms with Crippen molar-refractivity contribution in [3.8, 4) is 0 Å². The summed E-state index contributed by atoms with van der Waals surface area (Å²) in [6.45, 7) is 2.70. The van der Waals surface area contributed by atoms with Gasteiger partial charge in [-0.15, -0.1) is 0 Å². The summed E-state index contributed by atoms with van der Waals surface area (Å²) in [6.07, 6.45) is 3.41. The van der Waals surface area contributed by atoms with Crippen molar-refractivity contribution in [2.75, 3.05) is 20.1 Å². The van der Waals surface area contributed by atoms with E-state index >= 15 is 0 Å². The number of unbranched alkanes of at least 4 members (excludes halogenated alkanes) is 2. The second kappa shape index (κ2) is 6.05. The molecule has 0 aromatic rings. The molecule has 0 unspecified atom stereocenters. The van der Waals surface area contributed by atoms with Crippen molar-refractivity contribution in [2.45, 2.75) is 44.8 Å². The monoisotopic (exact) mass is 216 g/mol. The van der Waals surface area contributed by atoms with E-state index in [4.69, 9.17) is 0 Å². The number of likely N-dealkylation sites (tertiary alicyclic amines) is 1. The van der Waals surface area contributed by atoms with Crippen LogP contribution >= 0.6 is 0 Å². The van der Waals surface area contributed by atoms with E-state index < -0.39 is 6.17 Å². The standard InChI is InChI=1S/C11H21FN2O/c1-3-4-5-6-10(13-2)11(15)14-7-9(12)8-14/h9-10,13H,3-8H2,1-2H3/t10-/m0/s1. The lowest BCUT2D eigenvalue weighted by molar-refractivity contribution is -0.140. The van der Waals surface area contributed by atoms with E-state index in [1.54, 1.807) is 11.9 Å². The van der Waals surface area contributed by atoms with E-state index in [1.165, 1.54) is 0 Å². The van der Waals surface area contributed by atoms with Gasteiger partial charge in [0.25, 0.3) is 0 Å². The Morgan fingerprint density at radius 3 is 2.67 bits per heavy atom. The molecular weight excluding hydrogens is 195 g/mol. The van der Waals surface area contributed by atoms with Crippen molar-refractivity contribution in [3.63, 3.8) is 0 Å². The molecule has 1 N–H and O–H groups in total. The number of hydrogen-bond acceptors (Lipinski definition) is 2. The van der Waals surface area contributed by atoms with Gasteiger partial charge in [-0.3, -0.25) is 4.79 Å². The largest absolute Gasteiger partial charge is 0.335 e. The molecule has 0 aliphatic carbocycles. The molecule has 1 aliphatic rings. The molecule has 0 aromatic carbocycles. The zero-order valence-corrected chi connectivity index (χ0v) is 9.63. The van der Waals surface area contributed by atoms with Crippen LogP contribution in [0, 0.1) is 0 Å². The Morgan fingerprint density at radius 1 is 1.53 bits per heavy atom. The van der Waals surface area contributed by atoms with Crippen molar-refractivity contribution in [3.05, 3.63) is 0 Å². The first kappa shape index (κ1) is 12.4. The summed E-state index contributed by atoms with van der Waals surface area (Å²) in [5, 5.41) is 3.01. The van der Waals surface area contributed by atoms with Gasteiger partial charge < -0.3 is 10.2 Å². The maximum Gasteiger partial charge on any atom is 0.239 e. The highest BCUT2D eigenvalue weighted by atomic mass is 19.1. The summed E-state index contributed by atoms with van der Waals surface area (Å²) in [5.41, 5.74) is 0. The average Bonchev–Trinajstić information content (AvgIpc) is 2.19. The number of rotatable bonds is 6. The Balaban J connectivity index is 2.27. The number of amides is 1. The minimum atomic E-state index is -0.804. The quantitative estimate of drug-likeness (QED) is 0.679. The number of likely N-dealkylation sites (N-methyl/N-ethyl adjacent to an activating group) is 1. The predicted octanol–water partition coefficient (Wildman–Crippen LogP) is 1.33. The van der Waals surface area contributed by atoms with Crippen LogP contribution in [0.5, 0.6) is 0 Å². The Bertz CT molecular complexity index is 205. The zero-order valence-electron chi connectivity index (χ0n) is 9.63. The SMILES string of the molecule is CCCCC[C@H](NC)C(=O)N1CC(F)C1. The van der Waals surface area contributed by atoms with E-state index in [0.717, 1.165) is 25.7 Å². The van der Waals surface area contributed by atoms with Crippen molar-refractivity contribution >= 4 is 5.91 Å². The van der Waals surface area contributed by atoms with Crippen LogP contribution in [-0.4, -0.2) is 43.2 Å². The molecule has 0 saturated carbocycles. The van der Waals surface area contributed by atoms with Gasteiger partial charge >= 0.3 is 0 Å². The van der Waals surface area contributed by atoms with Crippen LogP contribution in [0.25, 0.3) is 0 Å². The summed E-state index contributed by atoms with van der Waals surface area (Å²) < 4.78 is 12.6. The van der Waals surface area contributed by atoms with Gasteiger partial charge in [-0.25, -0.2) is 4.39 Å². The Kier molecular flexibility index (Phi) is 5.02. The fraction of sp³-hybridized carbons (Fsp3) is 0.909. The Morgan fingerprint density at radius 2 is 2.20 bits per heavy atom. The van der Waals surface area contributed by atoms with Gasteiger partial charge in [0.1, 0.15) is 6.17 Å². The van der Waals surface area contributed by atoms with E-state index in [1.807, 2.05) is 0 Å². The molecule has 1 atom stereocenters. The van der Waals surface area contributed by atoms with Crippen molar-refractivity contribution in [1.29, 1.82) is 0 Å². The van der Waals surface area contributed by atoms with Crippen molar-refractivity contribution in [2.24, 2.45) is 0 Å². The molecule has 1 saturated heterocycles. The van der Waals surface area contributed by atoms with E-state index in [-0.39, 0.29) is 25.0 Å². The number of hydrogen-bond donors (Lipinski definition) is 1. The molecule has 4 heteroatoms. The zero-order chi connectivity index (χ0) is 11.3. The Labute approximate surface area is 91.0 Å². The van der Waals surface area contributed by atoms with Crippen molar-refractivity contribution in [1.82, 2.24) is 10.2 Å². The molecule has 3 nitrogen and oxygen atoms in total. The predicted molar refractivity (Wildman–Crippen MR) is 58.5 cm³/mol. The lowest BCUT2D eigenvalue weighted by Gasteiger charge is -2.36. The minimum absolute atomic E-state index is 0.0579. The molecule has 1 amide bonds. The number of alkyl halides is 1. The van der Waals surface area contributed by atoms with Crippen LogP contribution in [0.15, 0.2) is 0 Å². The minimum Gasteiger partial charge on any atom is -0.335 e. The molecule has 1 fully saturated rings. The van der Waals surface area contributed by atoms with Crippen LogP contribution in [0.1, 0.15) is 32.6 Å². The summed E-state index contributed by atoms with van der Waals surface area (Å²) in [5.74, 6) is 0.0579.